The van der Waals surface area contributed by atoms with Gasteiger partial charge in [0.1, 0.15) is 11.2 Å². The van der Waals surface area contributed by atoms with Crippen molar-refractivity contribution >= 4 is 65.0 Å². The van der Waals surface area contributed by atoms with Gasteiger partial charge in [0.25, 0.3) is 0 Å². The van der Waals surface area contributed by atoms with Gasteiger partial charge in [-0.3, -0.25) is 0 Å². The number of hydrogen-bond acceptors (Lipinski definition) is 1. The van der Waals surface area contributed by atoms with E-state index in [9.17, 15) is 0 Å². The predicted molar refractivity (Wildman–Crippen MR) is 183 cm³/mol. The third-order valence-corrected chi connectivity index (χ3v) is 9.30. The monoisotopic (exact) mass is 548 g/mol. The number of furan rings is 1. The Balaban J connectivity index is 1.33. The van der Waals surface area contributed by atoms with E-state index < -0.39 is 0 Å². The molecule has 43 heavy (non-hydrogen) atoms. The molecule has 0 amide bonds. The Hall–Kier alpha value is -5.40. The summed E-state index contributed by atoms with van der Waals surface area (Å²) < 4.78 is 6.51. The molecule has 1 heteroatoms. The lowest BCUT2D eigenvalue weighted by molar-refractivity contribution is 0.669. The number of rotatable bonds is 3. The Kier molecular flexibility index (Phi) is 5.24. The molecule has 9 aromatic rings. The fourth-order valence-corrected chi connectivity index (χ4v) is 7.36. The molecule has 0 aliphatic rings. The van der Waals surface area contributed by atoms with Crippen LogP contribution in [0, 0.1) is 6.92 Å². The molecule has 0 fully saturated rings. The van der Waals surface area contributed by atoms with Crippen LogP contribution >= 0.6 is 0 Å². The van der Waals surface area contributed by atoms with Gasteiger partial charge in [0.2, 0.25) is 0 Å². The van der Waals surface area contributed by atoms with Gasteiger partial charge >= 0.3 is 0 Å². The van der Waals surface area contributed by atoms with E-state index in [1.807, 2.05) is 0 Å². The van der Waals surface area contributed by atoms with Crippen molar-refractivity contribution in [2.24, 2.45) is 0 Å². The predicted octanol–water partition coefficient (Wildman–Crippen LogP) is 11.8. The van der Waals surface area contributed by atoms with Crippen molar-refractivity contribution in [3.05, 3.63) is 156 Å². The molecule has 8 aromatic carbocycles. The Morgan fingerprint density at radius 2 is 1.09 bits per heavy atom. The number of benzene rings is 8. The van der Waals surface area contributed by atoms with E-state index in [1.54, 1.807) is 0 Å². The molecule has 0 aliphatic carbocycles. The highest BCUT2D eigenvalue weighted by Crippen LogP contribution is 2.43. The normalized spacial score (nSPS) is 11.9. The van der Waals surface area contributed by atoms with Crippen LogP contribution in [0.25, 0.3) is 76.2 Å². The van der Waals surface area contributed by atoms with Crippen molar-refractivity contribution < 1.29 is 4.42 Å². The van der Waals surface area contributed by atoms with Crippen molar-refractivity contribution in [2.75, 3.05) is 0 Å². The zero-order valence-corrected chi connectivity index (χ0v) is 23.9. The van der Waals surface area contributed by atoms with E-state index >= 15 is 0 Å². The minimum atomic E-state index is 0.817. The minimum Gasteiger partial charge on any atom is -0.456 e. The molecule has 0 aliphatic heterocycles. The van der Waals surface area contributed by atoms with E-state index in [1.165, 1.54) is 81.7 Å². The Morgan fingerprint density at radius 3 is 1.84 bits per heavy atom. The van der Waals surface area contributed by atoms with Gasteiger partial charge in [-0.2, -0.15) is 0 Å². The van der Waals surface area contributed by atoms with Crippen LogP contribution in [0.1, 0.15) is 16.7 Å². The first-order valence-electron chi connectivity index (χ1n) is 15.0. The quantitative estimate of drug-likeness (QED) is 0.200. The van der Waals surface area contributed by atoms with Gasteiger partial charge in [-0.1, -0.05) is 121 Å². The Bertz CT molecular complexity index is 2490. The number of fused-ring (bicyclic) bond motifs is 7. The maximum absolute atomic E-state index is 6.51. The molecule has 0 N–H and O–H groups in total. The number of hydrogen-bond donors (Lipinski definition) is 0. The average Bonchev–Trinajstić information content (AvgIpc) is 3.44. The van der Waals surface area contributed by atoms with Crippen LogP contribution in [0.2, 0.25) is 0 Å². The van der Waals surface area contributed by atoms with Gasteiger partial charge in [-0.15, -0.1) is 0 Å². The average molecular weight is 549 g/mol. The summed E-state index contributed by atoms with van der Waals surface area (Å²) >= 11 is 0. The molecule has 1 nitrogen and oxygen atoms in total. The van der Waals surface area contributed by atoms with Crippen molar-refractivity contribution in [3.8, 4) is 11.1 Å². The zero-order valence-electron chi connectivity index (χ0n) is 23.9. The third kappa shape index (κ3) is 3.65. The van der Waals surface area contributed by atoms with Crippen LogP contribution in [-0.2, 0) is 6.42 Å². The highest BCUT2D eigenvalue weighted by molar-refractivity contribution is 6.17. The second kappa shape index (κ2) is 9.31. The van der Waals surface area contributed by atoms with E-state index in [4.69, 9.17) is 4.42 Å². The molecule has 0 radical (unpaired) electrons. The van der Waals surface area contributed by atoms with E-state index in [0.29, 0.717) is 0 Å². The molecule has 0 saturated heterocycles. The summed E-state index contributed by atoms with van der Waals surface area (Å²) in [5.74, 6) is 0. The van der Waals surface area contributed by atoms with Crippen molar-refractivity contribution in [1.82, 2.24) is 0 Å². The van der Waals surface area contributed by atoms with Crippen LogP contribution in [0.5, 0.6) is 0 Å². The molecular weight excluding hydrogens is 520 g/mol. The van der Waals surface area contributed by atoms with E-state index in [2.05, 4.69) is 146 Å². The largest absolute Gasteiger partial charge is 0.456 e. The van der Waals surface area contributed by atoms with E-state index in [0.717, 1.165) is 17.6 Å². The van der Waals surface area contributed by atoms with Crippen molar-refractivity contribution in [2.45, 2.75) is 13.3 Å². The summed E-state index contributed by atoms with van der Waals surface area (Å²) in [7, 11) is 0. The summed E-state index contributed by atoms with van der Waals surface area (Å²) in [6.07, 6.45) is 0.817. The topological polar surface area (TPSA) is 13.1 Å². The Morgan fingerprint density at radius 1 is 0.465 bits per heavy atom. The zero-order chi connectivity index (χ0) is 28.5. The highest BCUT2D eigenvalue weighted by atomic mass is 16.3. The molecule has 0 bridgehead atoms. The second-order valence-corrected chi connectivity index (χ2v) is 11.7. The molecule has 0 spiro atoms. The molecule has 0 saturated carbocycles. The highest BCUT2D eigenvalue weighted by Gasteiger charge is 2.19. The maximum Gasteiger partial charge on any atom is 0.136 e. The Labute approximate surface area is 249 Å². The second-order valence-electron chi connectivity index (χ2n) is 11.7. The van der Waals surface area contributed by atoms with Gasteiger partial charge in [-0.05, 0) is 102 Å². The lowest BCUT2D eigenvalue weighted by Gasteiger charge is -2.18. The first-order chi connectivity index (χ1) is 21.2. The summed E-state index contributed by atoms with van der Waals surface area (Å²) in [5, 5.41) is 12.7. The molecule has 1 heterocycles. The summed E-state index contributed by atoms with van der Waals surface area (Å²) in [4.78, 5) is 0. The first kappa shape index (κ1) is 24.2. The fraction of sp³-hybridized carbons (Fsp3) is 0.0476. The van der Waals surface area contributed by atoms with Crippen LogP contribution in [0.4, 0.5) is 0 Å². The molecule has 0 unspecified atom stereocenters. The molecular formula is C42H28O. The van der Waals surface area contributed by atoms with Crippen LogP contribution in [-0.4, -0.2) is 0 Å². The number of aryl methyl sites for hydroxylation is 1. The minimum absolute atomic E-state index is 0.817. The fourth-order valence-electron chi connectivity index (χ4n) is 7.36. The molecule has 0 atom stereocenters. The van der Waals surface area contributed by atoms with Gasteiger partial charge < -0.3 is 4.42 Å². The van der Waals surface area contributed by atoms with E-state index in [-0.39, 0.29) is 0 Å². The first-order valence-corrected chi connectivity index (χ1v) is 15.0. The molecule has 9 rings (SSSR count). The third-order valence-electron chi connectivity index (χ3n) is 9.30. The summed E-state index contributed by atoms with van der Waals surface area (Å²) in [6.45, 7) is 2.24. The smallest absolute Gasteiger partial charge is 0.136 e. The lowest BCUT2D eigenvalue weighted by Crippen LogP contribution is -1.96. The molecule has 1 aromatic heterocycles. The van der Waals surface area contributed by atoms with Gasteiger partial charge in [0, 0.05) is 10.8 Å². The van der Waals surface area contributed by atoms with Crippen LogP contribution in [0.3, 0.4) is 0 Å². The van der Waals surface area contributed by atoms with Crippen LogP contribution < -0.4 is 0 Å². The van der Waals surface area contributed by atoms with Gasteiger partial charge in [0.05, 0.1) is 0 Å². The SMILES string of the molecule is Cc1c2ccccc2cc2oc3cccc(Cc4c5ccccc5c(-c5ccc6ccccc6c5)c5ccccc45)c3c12. The van der Waals surface area contributed by atoms with Gasteiger partial charge in [0.15, 0.2) is 0 Å². The summed E-state index contributed by atoms with van der Waals surface area (Å²) in [6, 6.07) is 50.7. The van der Waals surface area contributed by atoms with Crippen LogP contribution in [0.15, 0.2) is 144 Å². The maximum atomic E-state index is 6.51. The molecule has 202 valence electrons. The lowest BCUT2D eigenvalue weighted by atomic mass is 9.85. The van der Waals surface area contributed by atoms with Crippen molar-refractivity contribution in [3.63, 3.8) is 0 Å². The summed E-state index contributed by atoms with van der Waals surface area (Å²) in [5.41, 5.74) is 8.39. The standard InChI is InChI=1S/C42H28O/c1-26-32-15-5-4-13-29(32)25-39-40(26)42-30(14-10-20-38(42)43-39)24-37-33-16-6-8-18-35(33)41(36-19-9-7-17-34(36)37)31-22-21-27-11-2-3-12-28(27)23-31/h2-23,25H,24H2,1H3. The van der Waals surface area contributed by atoms with Gasteiger partial charge in [-0.25, -0.2) is 0 Å². The van der Waals surface area contributed by atoms with Crippen molar-refractivity contribution in [1.29, 1.82) is 0 Å².